The summed E-state index contributed by atoms with van der Waals surface area (Å²) >= 11 is 0. The van der Waals surface area contributed by atoms with Crippen LogP contribution in [0.5, 0.6) is 11.5 Å². The lowest BCUT2D eigenvalue weighted by atomic mass is 9.56. The Morgan fingerprint density at radius 3 is 2.85 bits per heavy atom. The number of nitrogens with zero attached hydrogens (tertiary/aromatic N) is 1. The normalized spacial score (nSPS) is 37.7. The van der Waals surface area contributed by atoms with Crippen LogP contribution >= 0.6 is 0 Å². The van der Waals surface area contributed by atoms with E-state index in [0.29, 0.717) is 17.7 Å². The molecule has 1 N–H and O–H groups in total. The third-order valence-corrected chi connectivity index (χ3v) is 6.00. The Morgan fingerprint density at radius 2 is 2.10 bits per heavy atom. The van der Waals surface area contributed by atoms with Crippen LogP contribution in [-0.4, -0.2) is 36.2 Å². The largest absolute Gasteiger partial charge is 0.504 e. The van der Waals surface area contributed by atoms with Crippen LogP contribution in [0.1, 0.15) is 37.3 Å². The molecule has 4 atom stereocenters. The molecule has 0 spiro atoms. The van der Waals surface area contributed by atoms with E-state index in [1.165, 1.54) is 24.0 Å². The zero-order valence-electron chi connectivity index (χ0n) is 12.5. The van der Waals surface area contributed by atoms with Crippen LogP contribution < -0.4 is 4.74 Å². The minimum Gasteiger partial charge on any atom is -0.504 e. The summed E-state index contributed by atoms with van der Waals surface area (Å²) in [7, 11) is 4.39. The summed E-state index contributed by atoms with van der Waals surface area (Å²) in [6, 6.07) is 4.49. The van der Waals surface area contributed by atoms with Crippen LogP contribution in [0.15, 0.2) is 12.1 Å². The maximum Gasteiger partial charge on any atom is 0.165 e. The first-order chi connectivity index (χ1) is 9.53. The molecular weight excluding hydrogens is 250 g/mol. The summed E-state index contributed by atoms with van der Waals surface area (Å²) in [5.74, 6) is 1.73. The van der Waals surface area contributed by atoms with Crippen LogP contribution in [0.2, 0.25) is 0 Å². The monoisotopic (exact) mass is 273 g/mol. The molecule has 1 aliphatic heterocycles. The van der Waals surface area contributed by atoms with Gasteiger partial charge in [0.25, 0.3) is 0 Å². The van der Waals surface area contributed by atoms with E-state index in [1.807, 2.05) is 6.07 Å². The van der Waals surface area contributed by atoms with Crippen molar-refractivity contribution in [2.75, 3.05) is 14.1 Å². The van der Waals surface area contributed by atoms with Gasteiger partial charge in [-0.15, -0.1) is 0 Å². The summed E-state index contributed by atoms with van der Waals surface area (Å²) in [4.78, 5) is 2.38. The second-order valence-electron chi connectivity index (χ2n) is 7.11. The molecule has 1 fully saturated rings. The smallest absolute Gasteiger partial charge is 0.165 e. The number of phenolic OH excluding ortho intramolecular Hbond substituents is 1. The SMILES string of the molecule is CN(C)C1Cc2ccc(O)c3c2C2(C)C(CCCC12)O3. The van der Waals surface area contributed by atoms with Gasteiger partial charge in [0.2, 0.25) is 0 Å². The molecule has 1 heterocycles. The Balaban J connectivity index is 1.95. The zero-order chi connectivity index (χ0) is 14.1. The van der Waals surface area contributed by atoms with Crippen LogP contribution in [0, 0.1) is 5.92 Å². The van der Waals surface area contributed by atoms with Crippen molar-refractivity contribution in [1.29, 1.82) is 0 Å². The number of likely N-dealkylation sites (N-methyl/N-ethyl adjacent to an activating group) is 1. The zero-order valence-corrected chi connectivity index (χ0v) is 12.5. The standard InChI is InChI=1S/C17H23NO2/c1-17-11-5-4-6-14(17)20-16-13(19)8-7-10(15(16)17)9-12(11)18(2)3/h7-8,11-12,14,19H,4-6,9H2,1-3H3. The van der Waals surface area contributed by atoms with Crippen molar-refractivity contribution in [3.8, 4) is 11.5 Å². The van der Waals surface area contributed by atoms with E-state index < -0.39 is 0 Å². The highest BCUT2D eigenvalue weighted by Crippen LogP contribution is 2.60. The summed E-state index contributed by atoms with van der Waals surface area (Å²) < 4.78 is 6.20. The Hall–Kier alpha value is -1.22. The average Bonchev–Trinajstić information content (AvgIpc) is 2.72. The first-order valence-corrected chi connectivity index (χ1v) is 7.72. The fourth-order valence-electron chi connectivity index (χ4n) is 5.03. The molecule has 0 radical (unpaired) electrons. The highest BCUT2D eigenvalue weighted by atomic mass is 16.5. The Labute approximate surface area is 120 Å². The molecule has 4 unspecified atom stereocenters. The summed E-state index contributed by atoms with van der Waals surface area (Å²) in [5.41, 5.74) is 2.76. The predicted molar refractivity (Wildman–Crippen MR) is 78.4 cm³/mol. The number of benzene rings is 1. The van der Waals surface area contributed by atoms with Crippen molar-refractivity contribution in [2.24, 2.45) is 5.92 Å². The quantitative estimate of drug-likeness (QED) is 0.854. The number of rotatable bonds is 1. The van der Waals surface area contributed by atoms with Gasteiger partial charge in [0.1, 0.15) is 6.10 Å². The Kier molecular flexibility index (Phi) is 2.45. The molecule has 2 aliphatic carbocycles. The Morgan fingerprint density at radius 1 is 1.30 bits per heavy atom. The van der Waals surface area contributed by atoms with Gasteiger partial charge in [0.15, 0.2) is 11.5 Å². The highest BCUT2D eigenvalue weighted by Gasteiger charge is 2.58. The van der Waals surface area contributed by atoms with Crippen molar-refractivity contribution in [2.45, 2.75) is 50.2 Å². The molecule has 0 bridgehead atoms. The lowest BCUT2D eigenvalue weighted by molar-refractivity contribution is 0.0160. The molecule has 3 aliphatic rings. The van der Waals surface area contributed by atoms with Gasteiger partial charge in [0.05, 0.1) is 0 Å². The maximum atomic E-state index is 10.2. The van der Waals surface area contributed by atoms with Crippen molar-refractivity contribution in [1.82, 2.24) is 4.90 Å². The number of hydrogen-bond donors (Lipinski definition) is 1. The summed E-state index contributed by atoms with van der Waals surface area (Å²) in [6.07, 6.45) is 4.94. The molecule has 108 valence electrons. The number of hydrogen-bond acceptors (Lipinski definition) is 3. The lowest BCUT2D eigenvalue weighted by Gasteiger charge is -2.51. The summed E-state index contributed by atoms with van der Waals surface area (Å²) in [5, 5.41) is 10.2. The van der Waals surface area contributed by atoms with Crippen molar-refractivity contribution < 1.29 is 9.84 Å². The molecule has 3 nitrogen and oxygen atoms in total. The topological polar surface area (TPSA) is 32.7 Å². The van der Waals surface area contributed by atoms with Gasteiger partial charge in [0, 0.05) is 17.0 Å². The second-order valence-corrected chi connectivity index (χ2v) is 7.11. The molecule has 0 amide bonds. The predicted octanol–water partition coefficient (Wildman–Crippen LogP) is 2.70. The third kappa shape index (κ3) is 1.34. The molecular formula is C17H23NO2. The van der Waals surface area contributed by atoms with E-state index in [-0.39, 0.29) is 11.5 Å². The third-order valence-electron chi connectivity index (χ3n) is 6.00. The van der Waals surface area contributed by atoms with E-state index in [9.17, 15) is 5.11 Å². The molecule has 4 rings (SSSR count). The van der Waals surface area contributed by atoms with Crippen molar-refractivity contribution >= 4 is 0 Å². The van der Waals surface area contributed by atoms with E-state index in [2.05, 4.69) is 32.0 Å². The minimum atomic E-state index is 0.0782. The molecule has 20 heavy (non-hydrogen) atoms. The van der Waals surface area contributed by atoms with Gasteiger partial charge < -0.3 is 14.7 Å². The first-order valence-electron chi connectivity index (χ1n) is 7.72. The molecule has 1 aromatic rings. The van der Waals surface area contributed by atoms with E-state index in [4.69, 9.17) is 4.74 Å². The van der Waals surface area contributed by atoms with Crippen LogP contribution in [0.25, 0.3) is 0 Å². The van der Waals surface area contributed by atoms with Crippen LogP contribution in [0.4, 0.5) is 0 Å². The van der Waals surface area contributed by atoms with Gasteiger partial charge >= 0.3 is 0 Å². The van der Waals surface area contributed by atoms with Crippen LogP contribution in [0.3, 0.4) is 0 Å². The van der Waals surface area contributed by atoms with Gasteiger partial charge in [-0.1, -0.05) is 13.0 Å². The molecule has 0 saturated heterocycles. The fraction of sp³-hybridized carbons (Fsp3) is 0.647. The minimum absolute atomic E-state index is 0.0782. The maximum absolute atomic E-state index is 10.2. The number of aromatic hydroxyl groups is 1. The van der Waals surface area contributed by atoms with Crippen molar-refractivity contribution in [3.63, 3.8) is 0 Å². The van der Waals surface area contributed by atoms with E-state index in [0.717, 1.165) is 18.6 Å². The lowest BCUT2D eigenvalue weighted by Crippen LogP contribution is -2.56. The average molecular weight is 273 g/mol. The molecule has 0 aromatic heterocycles. The molecule has 1 saturated carbocycles. The second kappa shape index (κ2) is 3.91. The highest BCUT2D eigenvalue weighted by molar-refractivity contribution is 5.59. The van der Waals surface area contributed by atoms with E-state index in [1.54, 1.807) is 0 Å². The molecule has 1 aromatic carbocycles. The van der Waals surface area contributed by atoms with Gasteiger partial charge in [-0.2, -0.15) is 0 Å². The van der Waals surface area contributed by atoms with Gasteiger partial charge in [-0.25, -0.2) is 0 Å². The summed E-state index contributed by atoms with van der Waals surface area (Å²) in [6.45, 7) is 2.37. The fourth-order valence-corrected chi connectivity index (χ4v) is 5.03. The van der Waals surface area contributed by atoms with Gasteiger partial charge in [-0.3, -0.25) is 0 Å². The number of ether oxygens (including phenoxy) is 1. The first kappa shape index (κ1) is 12.5. The molecule has 3 heteroatoms. The van der Waals surface area contributed by atoms with E-state index >= 15 is 0 Å². The van der Waals surface area contributed by atoms with Gasteiger partial charge in [-0.05, 0) is 57.3 Å². The Bertz CT molecular complexity index is 568. The van der Waals surface area contributed by atoms with Crippen molar-refractivity contribution in [3.05, 3.63) is 23.3 Å². The number of phenols is 1. The van der Waals surface area contributed by atoms with Crippen LogP contribution in [-0.2, 0) is 11.8 Å².